The molecule has 1 aliphatic heterocycles. The van der Waals surface area contributed by atoms with Crippen molar-refractivity contribution in [1.29, 1.82) is 0 Å². The normalized spacial score (nSPS) is 21.3. The predicted molar refractivity (Wildman–Crippen MR) is 61.1 cm³/mol. The highest BCUT2D eigenvalue weighted by Crippen LogP contribution is 2.12. The van der Waals surface area contributed by atoms with E-state index in [9.17, 15) is 0 Å². The Labute approximate surface area is 94.5 Å². The van der Waals surface area contributed by atoms with Crippen LogP contribution in [0.3, 0.4) is 0 Å². The fraction of sp³-hybridized carbons (Fsp3) is 0.600. The number of hydrogen-bond acceptors (Lipinski definition) is 4. The maximum Gasteiger partial charge on any atom is 0.224 e. The monoisotopic (exact) mass is 226 g/mol. The van der Waals surface area contributed by atoms with Gasteiger partial charge in [0, 0.05) is 12.7 Å². The zero-order chi connectivity index (χ0) is 10.5. The number of rotatable bonds is 3. The van der Waals surface area contributed by atoms with Gasteiger partial charge in [-0.2, -0.15) is 0 Å². The van der Waals surface area contributed by atoms with Crippen molar-refractivity contribution in [2.75, 3.05) is 25.0 Å². The summed E-state index contributed by atoms with van der Waals surface area (Å²) in [5, 5.41) is 6.96. The van der Waals surface area contributed by atoms with Crippen LogP contribution in [0.1, 0.15) is 12.8 Å². The molecule has 82 valence electrons. The van der Waals surface area contributed by atoms with Crippen molar-refractivity contribution < 1.29 is 0 Å². The number of aromatic nitrogens is 2. The minimum atomic E-state index is 0.293. The Balaban J connectivity index is 1.81. The van der Waals surface area contributed by atoms with Gasteiger partial charge < -0.3 is 10.6 Å². The molecule has 1 fully saturated rings. The zero-order valence-electron chi connectivity index (χ0n) is 8.54. The number of piperidine rings is 1. The Hall–Kier alpha value is -0.870. The van der Waals surface area contributed by atoms with E-state index in [4.69, 9.17) is 11.6 Å². The van der Waals surface area contributed by atoms with Crippen LogP contribution in [0.25, 0.3) is 0 Å². The highest BCUT2D eigenvalue weighted by Gasteiger charge is 2.12. The predicted octanol–water partition coefficient (Wildman–Crippen LogP) is 1.54. The minimum Gasteiger partial charge on any atom is -0.370 e. The topological polar surface area (TPSA) is 49.8 Å². The quantitative estimate of drug-likeness (QED) is 0.768. The molecule has 0 unspecified atom stereocenters. The standard InChI is InChI=1S/C10H15ClN4/c11-10-13-5-3-9(15-10)14-7-8-2-1-4-12-6-8/h3,5,8,12H,1-2,4,6-7H2,(H,13,14,15)/t8-/m1/s1. The molecule has 0 aromatic carbocycles. The van der Waals surface area contributed by atoms with Crippen LogP contribution in [0.2, 0.25) is 5.28 Å². The van der Waals surface area contributed by atoms with E-state index in [1.165, 1.54) is 12.8 Å². The summed E-state index contributed by atoms with van der Waals surface area (Å²) in [5.74, 6) is 1.49. The first-order valence-electron chi connectivity index (χ1n) is 5.28. The lowest BCUT2D eigenvalue weighted by Gasteiger charge is -2.22. The molecule has 1 aromatic heterocycles. The Kier molecular flexibility index (Phi) is 3.75. The second-order valence-corrected chi connectivity index (χ2v) is 4.14. The Morgan fingerprint density at radius 2 is 2.53 bits per heavy atom. The van der Waals surface area contributed by atoms with Crippen molar-refractivity contribution >= 4 is 17.4 Å². The first kappa shape index (κ1) is 10.6. The molecule has 4 nitrogen and oxygen atoms in total. The van der Waals surface area contributed by atoms with Gasteiger partial charge in [-0.1, -0.05) is 0 Å². The molecule has 15 heavy (non-hydrogen) atoms. The molecule has 2 N–H and O–H groups in total. The summed E-state index contributed by atoms with van der Waals surface area (Å²) in [6.07, 6.45) is 4.20. The fourth-order valence-corrected chi connectivity index (χ4v) is 1.93. The van der Waals surface area contributed by atoms with Gasteiger partial charge in [0.15, 0.2) is 0 Å². The molecule has 1 atom stereocenters. The Morgan fingerprint density at radius 3 is 3.27 bits per heavy atom. The summed E-state index contributed by atoms with van der Waals surface area (Å²) in [5.41, 5.74) is 0. The van der Waals surface area contributed by atoms with Gasteiger partial charge in [-0.3, -0.25) is 0 Å². The van der Waals surface area contributed by atoms with E-state index in [0.717, 1.165) is 25.5 Å². The van der Waals surface area contributed by atoms with Crippen molar-refractivity contribution in [2.24, 2.45) is 5.92 Å². The molecule has 1 saturated heterocycles. The SMILES string of the molecule is Clc1nccc(NC[C@@H]2CCCNC2)n1. The van der Waals surface area contributed by atoms with Crippen LogP contribution in [-0.2, 0) is 0 Å². The number of halogens is 1. The van der Waals surface area contributed by atoms with E-state index in [1.54, 1.807) is 6.20 Å². The van der Waals surface area contributed by atoms with Gasteiger partial charge in [-0.25, -0.2) is 9.97 Å². The van der Waals surface area contributed by atoms with Crippen LogP contribution >= 0.6 is 11.6 Å². The third-order valence-electron chi connectivity index (χ3n) is 2.60. The van der Waals surface area contributed by atoms with Crippen LogP contribution in [0.4, 0.5) is 5.82 Å². The molecule has 1 aliphatic rings. The molecule has 0 bridgehead atoms. The molecule has 0 spiro atoms. The van der Waals surface area contributed by atoms with Gasteiger partial charge in [-0.15, -0.1) is 0 Å². The molecule has 0 amide bonds. The van der Waals surface area contributed by atoms with Crippen LogP contribution in [0.15, 0.2) is 12.3 Å². The molecular formula is C10H15ClN4. The molecule has 5 heteroatoms. The van der Waals surface area contributed by atoms with E-state index < -0.39 is 0 Å². The van der Waals surface area contributed by atoms with Crippen LogP contribution in [0.5, 0.6) is 0 Å². The molecule has 0 radical (unpaired) electrons. The summed E-state index contributed by atoms with van der Waals surface area (Å²) in [6, 6.07) is 1.84. The molecule has 0 saturated carbocycles. The summed E-state index contributed by atoms with van der Waals surface area (Å²) < 4.78 is 0. The van der Waals surface area contributed by atoms with Crippen molar-refractivity contribution in [2.45, 2.75) is 12.8 Å². The maximum absolute atomic E-state index is 5.69. The van der Waals surface area contributed by atoms with Gasteiger partial charge >= 0.3 is 0 Å². The van der Waals surface area contributed by atoms with Crippen LogP contribution in [-0.4, -0.2) is 29.6 Å². The lowest BCUT2D eigenvalue weighted by molar-refractivity contribution is 0.392. The van der Waals surface area contributed by atoms with Gasteiger partial charge in [0.25, 0.3) is 0 Å². The highest BCUT2D eigenvalue weighted by molar-refractivity contribution is 6.28. The average molecular weight is 227 g/mol. The van der Waals surface area contributed by atoms with Crippen LogP contribution < -0.4 is 10.6 Å². The number of anilines is 1. The van der Waals surface area contributed by atoms with Crippen molar-refractivity contribution in [3.8, 4) is 0 Å². The number of nitrogens with one attached hydrogen (secondary N) is 2. The molecule has 2 rings (SSSR count). The second kappa shape index (κ2) is 5.28. The maximum atomic E-state index is 5.69. The second-order valence-electron chi connectivity index (χ2n) is 3.80. The first-order valence-corrected chi connectivity index (χ1v) is 5.65. The van der Waals surface area contributed by atoms with Crippen molar-refractivity contribution in [1.82, 2.24) is 15.3 Å². The fourth-order valence-electron chi connectivity index (χ4n) is 1.78. The lowest BCUT2D eigenvalue weighted by atomic mass is 10.00. The van der Waals surface area contributed by atoms with Gasteiger partial charge in [-0.05, 0) is 49.5 Å². The molecule has 1 aromatic rings. The Bertz CT molecular complexity index is 312. The summed E-state index contributed by atoms with van der Waals surface area (Å²) >= 11 is 5.69. The van der Waals surface area contributed by atoms with Crippen LogP contribution in [0, 0.1) is 5.92 Å². The first-order chi connectivity index (χ1) is 7.34. The Morgan fingerprint density at radius 1 is 1.60 bits per heavy atom. The van der Waals surface area contributed by atoms with E-state index in [2.05, 4.69) is 20.6 Å². The third-order valence-corrected chi connectivity index (χ3v) is 2.78. The minimum absolute atomic E-state index is 0.293. The molecular weight excluding hydrogens is 212 g/mol. The molecule has 0 aliphatic carbocycles. The largest absolute Gasteiger partial charge is 0.370 e. The number of hydrogen-bond donors (Lipinski definition) is 2. The zero-order valence-corrected chi connectivity index (χ0v) is 9.30. The number of nitrogens with zero attached hydrogens (tertiary/aromatic N) is 2. The summed E-state index contributed by atoms with van der Waals surface area (Å²) in [7, 11) is 0. The molecule has 2 heterocycles. The van der Waals surface area contributed by atoms with Crippen molar-refractivity contribution in [3.63, 3.8) is 0 Å². The highest BCUT2D eigenvalue weighted by atomic mass is 35.5. The van der Waals surface area contributed by atoms with Crippen molar-refractivity contribution in [3.05, 3.63) is 17.5 Å². The average Bonchev–Trinajstić information content (AvgIpc) is 2.28. The van der Waals surface area contributed by atoms with E-state index in [1.807, 2.05) is 6.07 Å². The van der Waals surface area contributed by atoms with Gasteiger partial charge in [0.1, 0.15) is 5.82 Å². The summed E-state index contributed by atoms with van der Waals surface area (Å²) in [4.78, 5) is 7.92. The van der Waals surface area contributed by atoms with Gasteiger partial charge in [0.2, 0.25) is 5.28 Å². The summed E-state index contributed by atoms with van der Waals surface area (Å²) in [6.45, 7) is 3.18. The van der Waals surface area contributed by atoms with Gasteiger partial charge in [0.05, 0.1) is 0 Å². The smallest absolute Gasteiger partial charge is 0.224 e. The van der Waals surface area contributed by atoms with E-state index in [-0.39, 0.29) is 0 Å². The lowest BCUT2D eigenvalue weighted by Crippen LogP contribution is -2.33. The van der Waals surface area contributed by atoms with E-state index >= 15 is 0 Å². The third kappa shape index (κ3) is 3.32. The van der Waals surface area contributed by atoms with E-state index in [0.29, 0.717) is 11.2 Å².